The highest BCUT2D eigenvalue weighted by molar-refractivity contribution is 7.89. The number of ether oxygens (including phenoxy) is 1. The molecular formula is C21H23N3O4S3. The Morgan fingerprint density at radius 2 is 1.94 bits per heavy atom. The molecule has 3 aromatic heterocycles. The summed E-state index contributed by atoms with van der Waals surface area (Å²) in [5.74, 6) is -0.152. The largest absolute Gasteiger partial charge is 0.379 e. The summed E-state index contributed by atoms with van der Waals surface area (Å²) >= 11 is 3.36. The van der Waals surface area contributed by atoms with Gasteiger partial charge in [-0.1, -0.05) is 6.07 Å². The van der Waals surface area contributed by atoms with E-state index in [-0.39, 0.29) is 16.8 Å². The van der Waals surface area contributed by atoms with Gasteiger partial charge in [0.2, 0.25) is 10.0 Å². The number of aromatic nitrogens is 1. The van der Waals surface area contributed by atoms with Gasteiger partial charge in [-0.05, 0) is 40.9 Å². The van der Waals surface area contributed by atoms with Crippen molar-refractivity contribution in [1.29, 1.82) is 0 Å². The van der Waals surface area contributed by atoms with Crippen molar-refractivity contribution in [3.05, 3.63) is 62.2 Å². The van der Waals surface area contributed by atoms with E-state index in [1.165, 1.54) is 27.0 Å². The lowest BCUT2D eigenvalue weighted by Gasteiger charge is -2.35. The third-order valence-electron chi connectivity index (χ3n) is 5.85. The van der Waals surface area contributed by atoms with Gasteiger partial charge in [-0.25, -0.2) is 8.42 Å². The van der Waals surface area contributed by atoms with Crippen LogP contribution in [0.2, 0.25) is 0 Å². The van der Waals surface area contributed by atoms with E-state index in [4.69, 9.17) is 4.74 Å². The maximum atomic E-state index is 13.7. The fourth-order valence-corrected chi connectivity index (χ4v) is 7.50. The maximum absolute atomic E-state index is 13.7. The molecule has 1 unspecified atom stereocenters. The minimum Gasteiger partial charge on any atom is -0.379 e. The Balaban J connectivity index is 1.49. The summed E-state index contributed by atoms with van der Waals surface area (Å²) in [6.45, 7) is 2.03. The molecule has 1 fully saturated rings. The molecule has 2 aliphatic rings. The maximum Gasteiger partial charge on any atom is 0.271 e. The Bertz CT molecular complexity index is 1190. The lowest BCUT2D eigenvalue weighted by atomic mass is 9.98. The Morgan fingerprint density at radius 3 is 2.68 bits per heavy atom. The van der Waals surface area contributed by atoms with Crippen molar-refractivity contribution in [3.8, 4) is 0 Å². The van der Waals surface area contributed by atoms with Crippen LogP contribution in [0.25, 0.3) is 0 Å². The Labute approximate surface area is 189 Å². The van der Waals surface area contributed by atoms with Crippen LogP contribution in [-0.2, 0) is 28.2 Å². The van der Waals surface area contributed by atoms with E-state index < -0.39 is 10.0 Å². The third kappa shape index (κ3) is 3.66. The number of carbonyl (C=O) groups excluding carboxylic acids is 1. The van der Waals surface area contributed by atoms with Crippen LogP contribution in [0.3, 0.4) is 0 Å². The van der Waals surface area contributed by atoms with Gasteiger partial charge in [0, 0.05) is 42.6 Å². The minimum absolute atomic E-state index is 0.142. The molecule has 0 aliphatic carbocycles. The molecule has 0 aromatic carbocycles. The smallest absolute Gasteiger partial charge is 0.271 e. The van der Waals surface area contributed by atoms with Crippen LogP contribution in [0.5, 0.6) is 0 Å². The van der Waals surface area contributed by atoms with Crippen molar-refractivity contribution in [3.63, 3.8) is 0 Å². The molecule has 0 saturated carbocycles. The molecular weight excluding hydrogens is 454 g/mol. The van der Waals surface area contributed by atoms with Gasteiger partial charge in [0.15, 0.2) is 0 Å². The van der Waals surface area contributed by atoms with E-state index in [1.807, 2.05) is 16.3 Å². The number of hydrogen-bond acceptors (Lipinski definition) is 6. The molecule has 0 radical (unpaired) electrons. The lowest BCUT2D eigenvalue weighted by Crippen LogP contribution is -2.40. The second-order valence-electron chi connectivity index (χ2n) is 7.65. The number of sulfonamides is 1. The highest BCUT2D eigenvalue weighted by Gasteiger charge is 2.36. The molecule has 31 heavy (non-hydrogen) atoms. The van der Waals surface area contributed by atoms with Crippen LogP contribution in [0.1, 0.15) is 31.8 Å². The molecule has 1 saturated heterocycles. The van der Waals surface area contributed by atoms with Gasteiger partial charge < -0.3 is 14.2 Å². The van der Waals surface area contributed by atoms with Crippen molar-refractivity contribution in [2.24, 2.45) is 7.05 Å². The number of carbonyl (C=O) groups is 1. The van der Waals surface area contributed by atoms with Crippen LogP contribution in [0.4, 0.5) is 0 Å². The molecule has 5 heterocycles. The molecule has 0 spiro atoms. The summed E-state index contributed by atoms with van der Waals surface area (Å²) in [5.41, 5.74) is 1.55. The van der Waals surface area contributed by atoms with Crippen LogP contribution in [0, 0.1) is 0 Å². The topological polar surface area (TPSA) is 71.9 Å². The molecule has 7 nitrogen and oxygen atoms in total. The van der Waals surface area contributed by atoms with Crippen molar-refractivity contribution >= 4 is 38.6 Å². The second-order valence-corrected chi connectivity index (χ2v) is 11.6. The average Bonchev–Trinajstić information content (AvgIpc) is 3.54. The molecule has 1 amide bonds. The minimum atomic E-state index is -3.66. The monoisotopic (exact) mass is 477 g/mol. The first kappa shape index (κ1) is 20.9. The number of aryl methyl sites for hydroxylation is 1. The van der Waals surface area contributed by atoms with Crippen LogP contribution >= 0.6 is 22.7 Å². The van der Waals surface area contributed by atoms with Gasteiger partial charge in [0.05, 0.1) is 19.3 Å². The van der Waals surface area contributed by atoms with E-state index in [9.17, 15) is 13.2 Å². The molecule has 5 rings (SSSR count). The first-order valence-corrected chi connectivity index (χ1v) is 13.3. The van der Waals surface area contributed by atoms with Gasteiger partial charge in [-0.15, -0.1) is 22.7 Å². The standard InChI is InChI=1S/C21H23N3O4S3/c1-22-14-15(31(26,27)23-7-9-28-10-8-23)13-17(22)21(25)24-6-4-18-16(5-12-30-18)20(24)19-3-2-11-29-19/h2-3,5,11-14,20H,4,6-10H2,1H3. The van der Waals surface area contributed by atoms with E-state index >= 15 is 0 Å². The zero-order valence-electron chi connectivity index (χ0n) is 17.1. The first-order valence-electron chi connectivity index (χ1n) is 10.1. The molecule has 0 bridgehead atoms. The van der Waals surface area contributed by atoms with Crippen molar-refractivity contribution in [2.45, 2.75) is 17.4 Å². The van der Waals surface area contributed by atoms with Crippen molar-refractivity contribution in [1.82, 2.24) is 13.8 Å². The molecule has 3 aromatic rings. The number of amides is 1. The van der Waals surface area contributed by atoms with E-state index in [2.05, 4.69) is 17.5 Å². The number of nitrogens with zero attached hydrogens (tertiary/aromatic N) is 3. The first-order chi connectivity index (χ1) is 15.0. The second kappa shape index (κ2) is 8.18. The SMILES string of the molecule is Cn1cc(S(=O)(=O)N2CCOCC2)cc1C(=O)N1CCc2sccc2C1c1cccs1. The Kier molecular flexibility index (Phi) is 5.51. The fraction of sp³-hybridized carbons (Fsp3) is 0.381. The highest BCUT2D eigenvalue weighted by atomic mass is 32.2. The Morgan fingerprint density at radius 1 is 1.13 bits per heavy atom. The van der Waals surface area contributed by atoms with Crippen LogP contribution < -0.4 is 0 Å². The summed E-state index contributed by atoms with van der Waals surface area (Å²) in [4.78, 5) is 18.1. The van der Waals surface area contributed by atoms with Crippen molar-refractivity contribution in [2.75, 3.05) is 32.8 Å². The summed E-state index contributed by atoms with van der Waals surface area (Å²) < 4.78 is 34.5. The average molecular weight is 478 g/mol. The predicted molar refractivity (Wildman–Crippen MR) is 120 cm³/mol. The van der Waals surface area contributed by atoms with Gasteiger partial charge in [-0.3, -0.25) is 4.79 Å². The third-order valence-corrected chi connectivity index (χ3v) is 9.63. The number of morpholine rings is 1. The van der Waals surface area contributed by atoms with Gasteiger partial charge in [-0.2, -0.15) is 4.31 Å². The molecule has 164 valence electrons. The zero-order valence-corrected chi connectivity index (χ0v) is 19.5. The molecule has 0 N–H and O–H groups in total. The van der Waals surface area contributed by atoms with Crippen molar-refractivity contribution < 1.29 is 17.9 Å². The molecule has 1 atom stereocenters. The summed E-state index contributed by atoms with van der Waals surface area (Å²) in [7, 11) is -1.93. The number of hydrogen-bond donors (Lipinski definition) is 0. The molecule has 10 heteroatoms. The number of fused-ring (bicyclic) bond motifs is 1. The number of rotatable bonds is 4. The normalized spacial score (nSPS) is 20.0. The fourth-order valence-electron chi connectivity index (χ4n) is 4.26. The summed E-state index contributed by atoms with van der Waals surface area (Å²) in [5, 5.41) is 4.10. The predicted octanol–water partition coefficient (Wildman–Crippen LogP) is 2.96. The van der Waals surface area contributed by atoms with E-state index in [1.54, 1.807) is 34.3 Å². The van der Waals surface area contributed by atoms with Crippen LogP contribution in [0.15, 0.2) is 46.1 Å². The summed E-state index contributed by atoms with van der Waals surface area (Å²) in [6, 6.07) is 7.53. The number of thiophene rings is 2. The summed E-state index contributed by atoms with van der Waals surface area (Å²) in [6.07, 6.45) is 2.35. The quantitative estimate of drug-likeness (QED) is 0.579. The van der Waals surface area contributed by atoms with Crippen LogP contribution in [-0.4, -0.2) is 60.9 Å². The lowest BCUT2D eigenvalue weighted by molar-refractivity contribution is 0.0688. The van der Waals surface area contributed by atoms with Gasteiger partial charge in [0.25, 0.3) is 5.91 Å². The Hall–Kier alpha value is -1.98. The van der Waals surface area contributed by atoms with E-state index in [0.717, 1.165) is 11.3 Å². The highest BCUT2D eigenvalue weighted by Crippen LogP contribution is 2.40. The molecule has 2 aliphatic heterocycles. The zero-order chi connectivity index (χ0) is 21.6. The van der Waals surface area contributed by atoms with Gasteiger partial charge in [0.1, 0.15) is 10.6 Å². The van der Waals surface area contributed by atoms with Gasteiger partial charge >= 0.3 is 0 Å². The van der Waals surface area contributed by atoms with E-state index in [0.29, 0.717) is 38.5 Å².